The standard InChI is InChI=1S/C16H25NOS/c1-4-13(2)19-16(14-8-6-5-7-9-14)10-11-17(3)12-15(16)18/h5-9,13,15,18H,4,10-12H2,1-3H3. The number of likely N-dealkylation sites (tertiary alicyclic amines) is 1. The molecular weight excluding hydrogens is 254 g/mol. The lowest BCUT2D eigenvalue weighted by atomic mass is 9.86. The van der Waals surface area contributed by atoms with Crippen molar-refractivity contribution in [2.75, 3.05) is 20.1 Å². The molecule has 0 spiro atoms. The number of aliphatic hydroxyl groups is 1. The summed E-state index contributed by atoms with van der Waals surface area (Å²) in [4.78, 5) is 2.23. The van der Waals surface area contributed by atoms with E-state index in [4.69, 9.17) is 0 Å². The molecule has 19 heavy (non-hydrogen) atoms. The van der Waals surface area contributed by atoms with Crippen LogP contribution in [0.15, 0.2) is 30.3 Å². The molecule has 0 saturated carbocycles. The monoisotopic (exact) mass is 279 g/mol. The van der Waals surface area contributed by atoms with Crippen molar-refractivity contribution in [2.45, 2.75) is 42.8 Å². The molecule has 1 N–H and O–H groups in total. The summed E-state index contributed by atoms with van der Waals surface area (Å²) >= 11 is 1.95. The number of piperidine rings is 1. The van der Waals surface area contributed by atoms with Gasteiger partial charge in [-0.3, -0.25) is 0 Å². The third-order valence-electron chi connectivity index (χ3n) is 4.14. The Hall–Kier alpha value is -0.510. The minimum Gasteiger partial charge on any atom is -0.390 e. The average Bonchev–Trinajstić information content (AvgIpc) is 2.43. The highest BCUT2D eigenvalue weighted by Gasteiger charge is 2.44. The molecule has 1 heterocycles. The smallest absolute Gasteiger partial charge is 0.0854 e. The van der Waals surface area contributed by atoms with E-state index in [9.17, 15) is 5.11 Å². The fourth-order valence-electron chi connectivity index (χ4n) is 2.76. The van der Waals surface area contributed by atoms with Crippen LogP contribution in [-0.2, 0) is 4.75 Å². The molecule has 3 heteroatoms. The Bertz CT molecular complexity index is 397. The first-order chi connectivity index (χ1) is 9.08. The maximum atomic E-state index is 10.7. The second-order valence-electron chi connectivity index (χ2n) is 5.62. The van der Waals surface area contributed by atoms with E-state index < -0.39 is 0 Å². The van der Waals surface area contributed by atoms with Crippen molar-refractivity contribution < 1.29 is 5.11 Å². The highest BCUT2D eigenvalue weighted by molar-refractivity contribution is 8.00. The van der Waals surface area contributed by atoms with Crippen LogP contribution < -0.4 is 0 Å². The molecular formula is C16H25NOS. The first-order valence-corrected chi connectivity index (χ1v) is 8.06. The summed E-state index contributed by atoms with van der Waals surface area (Å²) < 4.78 is -0.136. The van der Waals surface area contributed by atoms with Crippen LogP contribution in [0.4, 0.5) is 0 Å². The van der Waals surface area contributed by atoms with Crippen LogP contribution in [0.1, 0.15) is 32.3 Å². The number of likely N-dealkylation sites (N-methyl/N-ethyl adjacent to an activating group) is 1. The van der Waals surface area contributed by atoms with Gasteiger partial charge in [-0.1, -0.05) is 44.2 Å². The first kappa shape index (κ1) is 14.9. The zero-order valence-electron chi connectivity index (χ0n) is 12.2. The van der Waals surface area contributed by atoms with Crippen LogP contribution in [0.5, 0.6) is 0 Å². The van der Waals surface area contributed by atoms with Gasteiger partial charge < -0.3 is 10.0 Å². The number of hydrogen-bond donors (Lipinski definition) is 1. The van der Waals surface area contributed by atoms with Crippen LogP contribution >= 0.6 is 11.8 Å². The Morgan fingerprint density at radius 2 is 2.11 bits per heavy atom. The van der Waals surface area contributed by atoms with Gasteiger partial charge in [-0.15, -0.1) is 11.8 Å². The number of β-amino-alcohol motifs (C(OH)–C–C–N with tert-alkyl or cyclic N) is 1. The molecule has 0 bridgehead atoms. The topological polar surface area (TPSA) is 23.5 Å². The van der Waals surface area contributed by atoms with Gasteiger partial charge in [-0.25, -0.2) is 0 Å². The highest BCUT2D eigenvalue weighted by atomic mass is 32.2. The van der Waals surface area contributed by atoms with Crippen LogP contribution in [0, 0.1) is 0 Å². The Kier molecular flexibility index (Phi) is 4.93. The van der Waals surface area contributed by atoms with Gasteiger partial charge in [0.2, 0.25) is 0 Å². The predicted octanol–water partition coefficient (Wildman–Crippen LogP) is 3.11. The van der Waals surface area contributed by atoms with Crippen LogP contribution in [0.3, 0.4) is 0 Å². The predicted molar refractivity (Wildman–Crippen MR) is 83.6 cm³/mol. The molecule has 1 aliphatic heterocycles. The van der Waals surface area contributed by atoms with Crippen LogP contribution in [0.2, 0.25) is 0 Å². The van der Waals surface area contributed by atoms with Crippen molar-refractivity contribution in [3.8, 4) is 0 Å². The van der Waals surface area contributed by atoms with E-state index >= 15 is 0 Å². The summed E-state index contributed by atoms with van der Waals surface area (Å²) in [5, 5.41) is 11.3. The van der Waals surface area contributed by atoms with Gasteiger partial charge in [-0.2, -0.15) is 0 Å². The van der Waals surface area contributed by atoms with E-state index in [1.165, 1.54) is 5.56 Å². The Labute approximate surface area is 121 Å². The minimum absolute atomic E-state index is 0.136. The molecule has 2 nitrogen and oxygen atoms in total. The lowest BCUT2D eigenvalue weighted by molar-refractivity contribution is 0.0490. The Morgan fingerprint density at radius 1 is 1.42 bits per heavy atom. The normalized spacial score (nSPS) is 30.2. The Balaban J connectivity index is 2.33. The zero-order valence-corrected chi connectivity index (χ0v) is 13.0. The van der Waals surface area contributed by atoms with Crippen LogP contribution in [-0.4, -0.2) is 41.5 Å². The molecule has 1 aromatic carbocycles. The molecule has 1 fully saturated rings. The number of nitrogens with zero attached hydrogens (tertiary/aromatic N) is 1. The van der Waals surface area contributed by atoms with E-state index in [1.54, 1.807) is 0 Å². The zero-order chi connectivity index (χ0) is 13.9. The fourth-order valence-corrected chi connectivity index (χ4v) is 4.36. The molecule has 0 amide bonds. The molecule has 1 saturated heterocycles. The van der Waals surface area contributed by atoms with Gasteiger partial charge in [0.1, 0.15) is 0 Å². The molecule has 0 aromatic heterocycles. The third kappa shape index (κ3) is 3.15. The van der Waals surface area contributed by atoms with Gasteiger partial charge >= 0.3 is 0 Å². The lowest BCUT2D eigenvalue weighted by Crippen LogP contribution is -2.51. The summed E-state index contributed by atoms with van der Waals surface area (Å²) in [6.07, 6.45) is 1.86. The molecule has 1 aliphatic rings. The molecule has 3 unspecified atom stereocenters. The van der Waals surface area contributed by atoms with E-state index in [1.807, 2.05) is 17.8 Å². The second kappa shape index (κ2) is 6.29. The fraction of sp³-hybridized carbons (Fsp3) is 0.625. The first-order valence-electron chi connectivity index (χ1n) is 7.18. The summed E-state index contributed by atoms with van der Waals surface area (Å²) in [6.45, 7) is 6.30. The number of rotatable bonds is 4. The minimum atomic E-state index is -0.298. The third-order valence-corrected chi connectivity index (χ3v) is 6.00. The van der Waals surface area contributed by atoms with Gasteiger partial charge in [0.05, 0.1) is 10.9 Å². The summed E-state index contributed by atoms with van der Waals surface area (Å²) in [5.74, 6) is 0. The van der Waals surface area contributed by atoms with E-state index in [-0.39, 0.29) is 10.9 Å². The van der Waals surface area contributed by atoms with Crippen molar-refractivity contribution in [1.82, 2.24) is 4.90 Å². The van der Waals surface area contributed by atoms with Gasteiger partial charge in [0.15, 0.2) is 0 Å². The van der Waals surface area contributed by atoms with Gasteiger partial charge in [0, 0.05) is 11.8 Å². The molecule has 2 rings (SSSR count). The molecule has 0 aliphatic carbocycles. The number of benzene rings is 1. The molecule has 3 atom stereocenters. The summed E-state index contributed by atoms with van der Waals surface area (Å²) in [7, 11) is 2.09. The summed E-state index contributed by atoms with van der Waals surface area (Å²) in [6, 6.07) is 10.6. The maximum Gasteiger partial charge on any atom is 0.0854 e. The number of thioether (sulfide) groups is 1. The van der Waals surface area contributed by atoms with Gasteiger partial charge in [-0.05, 0) is 32.0 Å². The largest absolute Gasteiger partial charge is 0.390 e. The van der Waals surface area contributed by atoms with E-state index in [0.717, 1.165) is 25.9 Å². The summed E-state index contributed by atoms with van der Waals surface area (Å²) in [5.41, 5.74) is 1.28. The number of hydrogen-bond acceptors (Lipinski definition) is 3. The highest BCUT2D eigenvalue weighted by Crippen LogP contribution is 2.47. The average molecular weight is 279 g/mol. The Morgan fingerprint density at radius 3 is 2.68 bits per heavy atom. The lowest BCUT2D eigenvalue weighted by Gasteiger charge is -2.45. The van der Waals surface area contributed by atoms with Crippen LogP contribution in [0.25, 0.3) is 0 Å². The van der Waals surface area contributed by atoms with Crippen molar-refractivity contribution in [2.24, 2.45) is 0 Å². The quantitative estimate of drug-likeness (QED) is 0.916. The second-order valence-corrected chi connectivity index (χ2v) is 7.39. The van der Waals surface area contributed by atoms with Crippen molar-refractivity contribution in [3.63, 3.8) is 0 Å². The molecule has 106 valence electrons. The van der Waals surface area contributed by atoms with Crippen molar-refractivity contribution in [3.05, 3.63) is 35.9 Å². The SMILES string of the molecule is CCC(C)SC1(c2ccccc2)CCN(C)CC1O. The maximum absolute atomic E-state index is 10.7. The van der Waals surface area contributed by atoms with Crippen molar-refractivity contribution >= 4 is 11.8 Å². The molecule has 0 radical (unpaired) electrons. The van der Waals surface area contributed by atoms with E-state index in [0.29, 0.717) is 5.25 Å². The molecule has 1 aromatic rings. The van der Waals surface area contributed by atoms with Crippen molar-refractivity contribution in [1.29, 1.82) is 0 Å². The van der Waals surface area contributed by atoms with Gasteiger partial charge in [0.25, 0.3) is 0 Å². The number of aliphatic hydroxyl groups excluding tert-OH is 1. The van der Waals surface area contributed by atoms with E-state index in [2.05, 4.69) is 50.1 Å².